The van der Waals surface area contributed by atoms with Gasteiger partial charge >= 0.3 is 0 Å². The number of piperidine rings is 1. The number of hydrogen-bond acceptors (Lipinski definition) is 4. The largest absolute Gasteiger partial charge is 0.356 e. The Morgan fingerprint density at radius 3 is 2.76 bits per heavy atom. The van der Waals surface area contributed by atoms with E-state index >= 15 is 0 Å². The maximum absolute atomic E-state index is 11.2. The van der Waals surface area contributed by atoms with Gasteiger partial charge in [0.2, 0.25) is 5.91 Å². The topological polar surface area (TPSA) is 56.7 Å². The van der Waals surface area contributed by atoms with Crippen molar-refractivity contribution >= 4 is 11.9 Å². The lowest BCUT2D eigenvalue weighted by atomic mass is 9.97. The van der Waals surface area contributed by atoms with Crippen LogP contribution >= 0.6 is 0 Å². The molecule has 2 heterocycles. The van der Waals surface area contributed by atoms with Crippen LogP contribution in [-0.4, -0.2) is 49.0 Å². The van der Waals surface area contributed by atoms with Crippen molar-refractivity contribution in [2.75, 3.05) is 26.2 Å². The molecule has 17 heavy (non-hydrogen) atoms. The van der Waals surface area contributed by atoms with E-state index in [1.165, 1.54) is 0 Å². The average Bonchev–Trinajstić information content (AvgIpc) is 2.73. The van der Waals surface area contributed by atoms with Crippen molar-refractivity contribution in [1.29, 1.82) is 0 Å². The van der Waals surface area contributed by atoms with Crippen LogP contribution in [0.25, 0.3) is 0 Å². The molecule has 1 saturated heterocycles. The Bertz CT molecular complexity index is 308. The van der Waals surface area contributed by atoms with Crippen LogP contribution in [0.4, 0.5) is 0 Å². The van der Waals surface area contributed by atoms with Crippen molar-refractivity contribution in [3.63, 3.8) is 0 Å². The minimum atomic E-state index is 0.201. The van der Waals surface area contributed by atoms with Crippen molar-refractivity contribution in [1.82, 2.24) is 15.5 Å². The van der Waals surface area contributed by atoms with Gasteiger partial charge in [0.15, 0.2) is 5.96 Å². The highest BCUT2D eigenvalue weighted by molar-refractivity contribution is 5.81. The van der Waals surface area contributed by atoms with E-state index in [2.05, 4.69) is 22.5 Å². The molecule has 1 atom stereocenters. The normalized spacial score (nSPS) is 25.4. The SMILES string of the molecule is CC(=O)N1CCC(CNC2=NCC(C)N2)CC1. The number of aliphatic imine (C=N–C) groups is 1. The van der Waals surface area contributed by atoms with Gasteiger partial charge in [0.25, 0.3) is 0 Å². The van der Waals surface area contributed by atoms with E-state index in [-0.39, 0.29) is 5.91 Å². The lowest BCUT2D eigenvalue weighted by Crippen LogP contribution is -2.43. The second-order valence-corrected chi connectivity index (χ2v) is 5.07. The smallest absolute Gasteiger partial charge is 0.219 e. The molecule has 0 saturated carbocycles. The zero-order valence-electron chi connectivity index (χ0n) is 10.7. The molecule has 0 radical (unpaired) electrons. The van der Waals surface area contributed by atoms with Crippen molar-refractivity contribution in [2.45, 2.75) is 32.7 Å². The quantitative estimate of drug-likeness (QED) is 0.721. The second-order valence-electron chi connectivity index (χ2n) is 5.07. The number of guanidine groups is 1. The highest BCUT2D eigenvalue weighted by atomic mass is 16.2. The van der Waals surface area contributed by atoms with E-state index < -0.39 is 0 Å². The number of nitrogens with one attached hydrogen (secondary N) is 2. The maximum Gasteiger partial charge on any atom is 0.219 e. The van der Waals surface area contributed by atoms with Gasteiger partial charge in [-0.3, -0.25) is 9.79 Å². The number of nitrogens with zero attached hydrogens (tertiary/aromatic N) is 2. The fourth-order valence-electron chi connectivity index (χ4n) is 2.35. The molecule has 96 valence electrons. The van der Waals surface area contributed by atoms with Crippen molar-refractivity contribution in [2.24, 2.45) is 10.9 Å². The molecule has 0 spiro atoms. The van der Waals surface area contributed by atoms with E-state index in [0.717, 1.165) is 45.0 Å². The van der Waals surface area contributed by atoms with Gasteiger partial charge in [-0.15, -0.1) is 0 Å². The second kappa shape index (κ2) is 5.38. The molecule has 2 rings (SSSR count). The minimum Gasteiger partial charge on any atom is -0.356 e. The molecule has 0 aromatic rings. The molecule has 1 amide bonds. The number of carbonyl (C=O) groups is 1. The molecule has 5 heteroatoms. The first kappa shape index (κ1) is 12.2. The summed E-state index contributed by atoms with van der Waals surface area (Å²) in [5.74, 6) is 1.80. The van der Waals surface area contributed by atoms with Crippen LogP contribution < -0.4 is 10.6 Å². The van der Waals surface area contributed by atoms with Crippen molar-refractivity contribution in [3.8, 4) is 0 Å². The van der Waals surface area contributed by atoms with Gasteiger partial charge in [-0.25, -0.2) is 0 Å². The van der Waals surface area contributed by atoms with Gasteiger partial charge in [-0.2, -0.15) is 0 Å². The third-order valence-corrected chi connectivity index (χ3v) is 3.52. The summed E-state index contributed by atoms with van der Waals surface area (Å²) in [5.41, 5.74) is 0. The van der Waals surface area contributed by atoms with Gasteiger partial charge in [0.05, 0.1) is 6.54 Å². The third-order valence-electron chi connectivity index (χ3n) is 3.52. The lowest BCUT2D eigenvalue weighted by molar-refractivity contribution is -0.130. The highest BCUT2D eigenvalue weighted by Crippen LogP contribution is 2.16. The molecule has 2 N–H and O–H groups in total. The number of amides is 1. The van der Waals surface area contributed by atoms with Crippen LogP contribution in [0.1, 0.15) is 26.7 Å². The Labute approximate surface area is 103 Å². The molecule has 0 aromatic heterocycles. The molecule has 1 unspecified atom stereocenters. The van der Waals surface area contributed by atoms with E-state index in [4.69, 9.17) is 0 Å². The molecule has 2 aliphatic heterocycles. The summed E-state index contributed by atoms with van der Waals surface area (Å²) in [7, 11) is 0. The van der Waals surface area contributed by atoms with E-state index in [1.807, 2.05) is 4.90 Å². The standard InChI is InChI=1S/C12H22N4O/c1-9-7-13-12(15-9)14-8-11-3-5-16(6-4-11)10(2)17/h9,11H,3-8H2,1-2H3,(H2,13,14,15). The monoisotopic (exact) mass is 238 g/mol. The first-order valence-corrected chi connectivity index (χ1v) is 6.45. The van der Waals surface area contributed by atoms with Crippen molar-refractivity contribution in [3.05, 3.63) is 0 Å². The Morgan fingerprint density at radius 2 is 2.24 bits per heavy atom. The first-order chi connectivity index (χ1) is 8.15. The van der Waals surface area contributed by atoms with Gasteiger partial charge in [-0.05, 0) is 25.7 Å². The Balaban J connectivity index is 1.67. The number of rotatable bonds is 2. The number of likely N-dealkylation sites (tertiary alicyclic amines) is 1. The van der Waals surface area contributed by atoms with Gasteiger partial charge < -0.3 is 15.5 Å². The summed E-state index contributed by atoms with van der Waals surface area (Å²) in [4.78, 5) is 17.5. The van der Waals surface area contributed by atoms with Gasteiger partial charge in [0, 0.05) is 32.6 Å². The molecule has 0 aromatic carbocycles. The minimum absolute atomic E-state index is 0.201. The van der Waals surface area contributed by atoms with Gasteiger partial charge in [0.1, 0.15) is 0 Å². The predicted octanol–water partition coefficient (Wildman–Crippen LogP) is 0.182. The Kier molecular flexibility index (Phi) is 3.86. The van der Waals surface area contributed by atoms with Crippen molar-refractivity contribution < 1.29 is 4.79 Å². The molecular weight excluding hydrogens is 216 g/mol. The van der Waals surface area contributed by atoms with E-state index in [9.17, 15) is 4.79 Å². The zero-order chi connectivity index (χ0) is 12.3. The summed E-state index contributed by atoms with van der Waals surface area (Å²) < 4.78 is 0. The van der Waals surface area contributed by atoms with E-state index in [0.29, 0.717) is 12.0 Å². The Hall–Kier alpha value is -1.26. The number of carbonyl (C=O) groups excluding carboxylic acids is 1. The summed E-state index contributed by atoms with van der Waals surface area (Å²) in [6.07, 6.45) is 2.19. The predicted molar refractivity (Wildman–Crippen MR) is 67.9 cm³/mol. The molecule has 1 fully saturated rings. The summed E-state index contributed by atoms with van der Waals surface area (Å²) in [6, 6.07) is 0.456. The zero-order valence-corrected chi connectivity index (χ0v) is 10.7. The molecule has 5 nitrogen and oxygen atoms in total. The van der Waals surface area contributed by atoms with Crippen LogP contribution in [-0.2, 0) is 4.79 Å². The summed E-state index contributed by atoms with van der Waals surface area (Å²) >= 11 is 0. The maximum atomic E-state index is 11.2. The highest BCUT2D eigenvalue weighted by Gasteiger charge is 2.21. The van der Waals surface area contributed by atoms with Crippen LogP contribution in [0.2, 0.25) is 0 Å². The Morgan fingerprint density at radius 1 is 1.53 bits per heavy atom. The first-order valence-electron chi connectivity index (χ1n) is 6.45. The average molecular weight is 238 g/mol. The van der Waals surface area contributed by atoms with Crippen LogP contribution in [0.3, 0.4) is 0 Å². The van der Waals surface area contributed by atoms with Gasteiger partial charge in [-0.1, -0.05) is 0 Å². The lowest BCUT2D eigenvalue weighted by Gasteiger charge is -2.31. The fraction of sp³-hybridized carbons (Fsp3) is 0.833. The summed E-state index contributed by atoms with van der Waals surface area (Å²) in [5, 5.41) is 6.66. The number of hydrogen-bond donors (Lipinski definition) is 2. The van der Waals surface area contributed by atoms with Crippen LogP contribution in [0.5, 0.6) is 0 Å². The molecule has 0 bridgehead atoms. The molecule has 2 aliphatic rings. The van der Waals surface area contributed by atoms with E-state index in [1.54, 1.807) is 6.92 Å². The molecular formula is C12H22N4O. The van der Waals surface area contributed by atoms with Crippen LogP contribution in [0, 0.1) is 5.92 Å². The summed E-state index contributed by atoms with van der Waals surface area (Å²) in [6.45, 7) is 7.41. The third kappa shape index (κ3) is 3.35. The molecule has 0 aliphatic carbocycles. The fourth-order valence-corrected chi connectivity index (χ4v) is 2.35. The van der Waals surface area contributed by atoms with Crippen LogP contribution in [0.15, 0.2) is 4.99 Å².